The molecule has 0 spiro atoms. The average molecular weight is 355 g/mol. The molecule has 1 N–H and O–H groups in total. The molecule has 8 heteroatoms. The van der Waals surface area contributed by atoms with Gasteiger partial charge in [-0.1, -0.05) is 12.1 Å². The number of piperazine rings is 1. The molecule has 26 heavy (non-hydrogen) atoms. The predicted octanol–water partition coefficient (Wildman–Crippen LogP) is 1.41. The number of ether oxygens (including phenoxy) is 1. The van der Waals surface area contributed by atoms with E-state index < -0.39 is 0 Å². The molecule has 1 aliphatic rings. The van der Waals surface area contributed by atoms with Crippen molar-refractivity contribution in [3.63, 3.8) is 0 Å². The molecule has 1 aliphatic heterocycles. The minimum atomic E-state index is -0.333. The minimum absolute atomic E-state index is 0.0733. The third kappa shape index (κ3) is 3.90. The summed E-state index contributed by atoms with van der Waals surface area (Å²) in [6.07, 6.45) is 1.38. The third-order valence-electron chi connectivity index (χ3n) is 4.29. The number of nitrogens with zero attached hydrogens (tertiary/aromatic N) is 4. The van der Waals surface area contributed by atoms with Gasteiger partial charge in [0.05, 0.1) is 12.8 Å². The van der Waals surface area contributed by atoms with Crippen molar-refractivity contribution in [2.24, 2.45) is 0 Å². The number of aromatic nitrogens is 2. The Bertz CT molecular complexity index is 803. The summed E-state index contributed by atoms with van der Waals surface area (Å²) in [6.45, 7) is 4.19. The van der Waals surface area contributed by atoms with Crippen LogP contribution in [0.25, 0.3) is 0 Å². The van der Waals surface area contributed by atoms with Crippen molar-refractivity contribution in [1.82, 2.24) is 14.9 Å². The number of carbonyl (C=O) groups is 2. The zero-order chi connectivity index (χ0) is 18.5. The van der Waals surface area contributed by atoms with E-state index in [1.807, 2.05) is 17.0 Å². The molecule has 2 amide bonds. The highest BCUT2D eigenvalue weighted by atomic mass is 16.5. The van der Waals surface area contributed by atoms with Gasteiger partial charge in [0.2, 0.25) is 5.91 Å². The largest absolute Gasteiger partial charge is 0.495 e. The molecular weight excluding hydrogens is 334 g/mol. The van der Waals surface area contributed by atoms with Gasteiger partial charge in [-0.05, 0) is 12.1 Å². The van der Waals surface area contributed by atoms with Crippen LogP contribution < -0.4 is 15.0 Å². The van der Waals surface area contributed by atoms with Gasteiger partial charge in [-0.2, -0.15) is 0 Å². The van der Waals surface area contributed by atoms with Gasteiger partial charge in [0.25, 0.3) is 5.91 Å². The second-order valence-corrected chi connectivity index (χ2v) is 5.91. The van der Waals surface area contributed by atoms with Crippen LogP contribution >= 0.6 is 0 Å². The molecule has 0 saturated carbocycles. The molecule has 2 aromatic rings. The molecule has 136 valence electrons. The molecule has 0 radical (unpaired) electrons. The van der Waals surface area contributed by atoms with Crippen molar-refractivity contribution in [3.8, 4) is 5.75 Å². The summed E-state index contributed by atoms with van der Waals surface area (Å²) in [7, 11) is 1.55. The van der Waals surface area contributed by atoms with Crippen LogP contribution in [0.15, 0.2) is 36.7 Å². The lowest BCUT2D eigenvalue weighted by Gasteiger charge is -2.34. The molecule has 2 heterocycles. The lowest BCUT2D eigenvalue weighted by molar-refractivity contribution is -0.129. The number of amides is 2. The quantitative estimate of drug-likeness (QED) is 0.892. The highest BCUT2D eigenvalue weighted by Gasteiger charge is 2.21. The van der Waals surface area contributed by atoms with Crippen LogP contribution in [0, 0.1) is 0 Å². The Labute approximate surface area is 151 Å². The standard InChI is InChI=1S/C18H21N5O3/c1-13(24)22-7-9-23(10-8-22)17-11-15(19-12-20-17)18(25)21-14-5-3-4-6-16(14)26-2/h3-6,11-12H,7-10H2,1-2H3,(H,21,25). The van der Waals surface area contributed by atoms with E-state index in [1.54, 1.807) is 37.1 Å². The zero-order valence-corrected chi connectivity index (χ0v) is 14.8. The lowest BCUT2D eigenvalue weighted by Crippen LogP contribution is -2.48. The highest BCUT2D eigenvalue weighted by molar-refractivity contribution is 6.04. The van der Waals surface area contributed by atoms with Crippen LogP contribution in [-0.2, 0) is 4.79 Å². The van der Waals surface area contributed by atoms with Crippen molar-refractivity contribution in [2.75, 3.05) is 43.5 Å². The summed E-state index contributed by atoms with van der Waals surface area (Å²) in [6, 6.07) is 8.85. The normalized spacial score (nSPS) is 14.1. The van der Waals surface area contributed by atoms with Crippen LogP contribution in [0.5, 0.6) is 5.75 Å². The fourth-order valence-electron chi connectivity index (χ4n) is 2.83. The van der Waals surface area contributed by atoms with Crippen molar-refractivity contribution >= 4 is 23.3 Å². The summed E-state index contributed by atoms with van der Waals surface area (Å²) >= 11 is 0. The van der Waals surface area contributed by atoms with Crippen LogP contribution in [0.2, 0.25) is 0 Å². The van der Waals surface area contributed by atoms with Gasteiger partial charge >= 0.3 is 0 Å². The summed E-state index contributed by atoms with van der Waals surface area (Å²) in [4.78, 5) is 36.1. The fourth-order valence-corrected chi connectivity index (χ4v) is 2.83. The average Bonchev–Trinajstić information content (AvgIpc) is 2.68. The number of para-hydroxylation sites is 2. The highest BCUT2D eigenvalue weighted by Crippen LogP contribution is 2.23. The number of hydrogen-bond donors (Lipinski definition) is 1. The van der Waals surface area contributed by atoms with Gasteiger partial charge in [-0.25, -0.2) is 9.97 Å². The Morgan fingerprint density at radius 1 is 1.12 bits per heavy atom. The number of methoxy groups -OCH3 is 1. The number of benzene rings is 1. The third-order valence-corrected chi connectivity index (χ3v) is 4.29. The summed E-state index contributed by atoms with van der Waals surface area (Å²) in [5.41, 5.74) is 0.852. The first-order valence-corrected chi connectivity index (χ1v) is 8.35. The van der Waals surface area contributed by atoms with Gasteiger partial charge in [0.15, 0.2) is 0 Å². The second kappa shape index (κ2) is 7.81. The Hall–Kier alpha value is -3.16. The molecule has 1 fully saturated rings. The number of hydrogen-bond acceptors (Lipinski definition) is 6. The van der Waals surface area contributed by atoms with E-state index >= 15 is 0 Å². The van der Waals surface area contributed by atoms with Gasteiger partial charge in [-0.3, -0.25) is 9.59 Å². The molecule has 0 aliphatic carbocycles. The van der Waals surface area contributed by atoms with E-state index in [1.165, 1.54) is 6.33 Å². The fraction of sp³-hybridized carbons (Fsp3) is 0.333. The van der Waals surface area contributed by atoms with Crippen molar-refractivity contribution < 1.29 is 14.3 Å². The van der Waals surface area contributed by atoms with Crippen LogP contribution in [0.1, 0.15) is 17.4 Å². The maximum Gasteiger partial charge on any atom is 0.274 e. The summed E-state index contributed by atoms with van der Waals surface area (Å²) in [5, 5.41) is 2.80. The Morgan fingerprint density at radius 3 is 2.54 bits per heavy atom. The van der Waals surface area contributed by atoms with Gasteiger partial charge in [0, 0.05) is 39.2 Å². The first-order chi connectivity index (χ1) is 12.6. The van der Waals surface area contributed by atoms with E-state index in [2.05, 4.69) is 15.3 Å². The van der Waals surface area contributed by atoms with Crippen LogP contribution in [0.3, 0.4) is 0 Å². The first-order valence-electron chi connectivity index (χ1n) is 8.35. The molecule has 1 saturated heterocycles. The van der Waals surface area contributed by atoms with E-state index in [0.717, 1.165) is 0 Å². The van der Waals surface area contributed by atoms with Crippen molar-refractivity contribution in [1.29, 1.82) is 0 Å². The van der Waals surface area contributed by atoms with Gasteiger partial charge in [0.1, 0.15) is 23.6 Å². The summed E-state index contributed by atoms with van der Waals surface area (Å²) < 4.78 is 5.24. The maximum absolute atomic E-state index is 12.5. The smallest absolute Gasteiger partial charge is 0.274 e. The Morgan fingerprint density at radius 2 is 1.85 bits per heavy atom. The second-order valence-electron chi connectivity index (χ2n) is 5.91. The van der Waals surface area contributed by atoms with E-state index in [9.17, 15) is 9.59 Å². The molecule has 0 bridgehead atoms. The van der Waals surface area contributed by atoms with Gasteiger partial charge < -0.3 is 19.9 Å². The molecule has 8 nitrogen and oxygen atoms in total. The number of carbonyl (C=O) groups excluding carboxylic acids is 2. The first kappa shape index (κ1) is 17.7. The van der Waals surface area contributed by atoms with E-state index in [0.29, 0.717) is 43.4 Å². The molecule has 3 rings (SSSR count). The Balaban J connectivity index is 1.71. The number of anilines is 2. The SMILES string of the molecule is COc1ccccc1NC(=O)c1cc(N2CCN(C(C)=O)CC2)ncn1. The number of rotatable bonds is 4. The topological polar surface area (TPSA) is 87.7 Å². The maximum atomic E-state index is 12.5. The molecule has 1 aromatic heterocycles. The monoisotopic (exact) mass is 355 g/mol. The molecule has 0 atom stereocenters. The van der Waals surface area contributed by atoms with Crippen molar-refractivity contribution in [2.45, 2.75) is 6.92 Å². The molecular formula is C18H21N5O3. The lowest BCUT2D eigenvalue weighted by atomic mass is 10.2. The number of nitrogens with one attached hydrogen (secondary N) is 1. The van der Waals surface area contributed by atoms with E-state index in [-0.39, 0.29) is 17.5 Å². The Kier molecular flexibility index (Phi) is 5.31. The van der Waals surface area contributed by atoms with Crippen LogP contribution in [-0.4, -0.2) is 60.0 Å². The van der Waals surface area contributed by atoms with Crippen molar-refractivity contribution in [3.05, 3.63) is 42.4 Å². The summed E-state index contributed by atoms with van der Waals surface area (Å²) in [5.74, 6) is 0.994. The van der Waals surface area contributed by atoms with Crippen LogP contribution in [0.4, 0.5) is 11.5 Å². The molecule has 1 aromatic carbocycles. The van der Waals surface area contributed by atoms with E-state index in [4.69, 9.17) is 4.74 Å². The zero-order valence-electron chi connectivity index (χ0n) is 14.8. The molecule has 0 unspecified atom stereocenters. The predicted molar refractivity (Wildman–Crippen MR) is 97.4 cm³/mol. The van der Waals surface area contributed by atoms with Gasteiger partial charge in [-0.15, -0.1) is 0 Å². The minimum Gasteiger partial charge on any atom is -0.495 e.